The number of carbonyl (C=O) groups is 1. The van der Waals surface area contributed by atoms with E-state index in [0.717, 1.165) is 25.8 Å². The van der Waals surface area contributed by atoms with Gasteiger partial charge in [-0.15, -0.1) is 0 Å². The monoisotopic (exact) mass is 226 g/mol. The Bertz CT molecular complexity index is 266. The SMILES string of the molecule is CC1CCN(C(C)C(=O)NC2CC2)CC1O. The van der Waals surface area contributed by atoms with Crippen molar-refractivity contribution in [2.75, 3.05) is 13.1 Å². The predicted molar refractivity (Wildman–Crippen MR) is 62.0 cm³/mol. The van der Waals surface area contributed by atoms with Gasteiger partial charge in [-0.25, -0.2) is 0 Å². The van der Waals surface area contributed by atoms with Crippen LogP contribution in [0.5, 0.6) is 0 Å². The fraction of sp³-hybridized carbons (Fsp3) is 0.917. The quantitative estimate of drug-likeness (QED) is 0.730. The molecule has 16 heavy (non-hydrogen) atoms. The van der Waals surface area contributed by atoms with Gasteiger partial charge in [-0.1, -0.05) is 6.92 Å². The minimum Gasteiger partial charge on any atom is -0.392 e. The van der Waals surface area contributed by atoms with Crippen molar-refractivity contribution < 1.29 is 9.90 Å². The van der Waals surface area contributed by atoms with Gasteiger partial charge in [-0.05, 0) is 38.6 Å². The molecule has 2 aliphatic rings. The Morgan fingerprint density at radius 2 is 2.12 bits per heavy atom. The number of likely N-dealkylation sites (tertiary alicyclic amines) is 1. The van der Waals surface area contributed by atoms with Crippen molar-refractivity contribution in [1.82, 2.24) is 10.2 Å². The van der Waals surface area contributed by atoms with Gasteiger partial charge in [0.05, 0.1) is 12.1 Å². The molecule has 1 aliphatic carbocycles. The highest BCUT2D eigenvalue weighted by Crippen LogP contribution is 2.21. The molecule has 1 aliphatic heterocycles. The van der Waals surface area contributed by atoms with E-state index < -0.39 is 0 Å². The van der Waals surface area contributed by atoms with Crippen molar-refractivity contribution >= 4 is 5.91 Å². The lowest BCUT2D eigenvalue weighted by Crippen LogP contribution is -2.52. The summed E-state index contributed by atoms with van der Waals surface area (Å²) in [5, 5.41) is 12.8. The van der Waals surface area contributed by atoms with Gasteiger partial charge in [0.1, 0.15) is 0 Å². The van der Waals surface area contributed by atoms with Crippen LogP contribution in [0.15, 0.2) is 0 Å². The number of hydrogen-bond donors (Lipinski definition) is 2. The highest BCUT2D eigenvalue weighted by Gasteiger charge is 2.32. The normalized spacial score (nSPS) is 33.4. The summed E-state index contributed by atoms with van der Waals surface area (Å²) in [5.41, 5.74) is 0. The first kappa shape index (κ1) is 11.9. The molecule has 2 fully saturated rings. The lowest BCUT2D eigenvalue weighted by Gasteiger charge is -2.37. The fourth-order valence-electron chi connectivity index (χ4n) is 2.14. The van der Waals surface area contributed by atoms with Crippen LogP contribution in [0.3, 0.4) is 0 Å². The molecule has 0 bridgehead atoms. The molecule has 0 radical (unpaired) electrons. The molecule has 3 atom stereocenters. The lowest BCUT2D eigenvalue weighted by atomic mass is 9.95. The maximum absolute atomic E-state index is 11.8. The van der Waals surface area contributed by atoms with Gasteiger partial charge in [-0.3, -0.25) is 9.69 Å². The minimum absolute atomic E-state index is 0.109. The number of piperidine rings is 1. The third kappa shape index (κ3) is 2.74. The smallest absolute Gasteiger partial charge is 0.237 e. The molecule has 92 valence electrons. The number of hydrogen-bond acceptors (Lipinski definition) is 3. The second kappa shape index (κ2) is 4.72. The Morgan fingerprint density at radius 3 is 2.69 bits per heavy atom. The van der Waals surface area contributed by atoms with Crippen LogP contribution in [0.2, 0.25) is 0 Å². The second-order valence-corrected chi connectivity index (χ2v) is 5.29. The van der Waals surface area contributed by atoms with Crippen LogP contribution >= 0.6 is 0 Å². The standard InChI is InChI=1S/C12H22N2O2/c1-8-5-6-14(7-11(8)15)9(2)12(16)13-10-3-4-10/h8-11,15H,3-7H2,1-2H3,(H,13,16). The zero-order valence-corrected chi connectivity index (χ0v) is 10.1. The van der Waals surface area contributed by atoms with E-state index in [1.54, 1.807) is 0 Å². The summed E-state index contributed by atoms with van der Waals surface area (Å²) in [4.78, 5) is 13.9. The van der Waals surface area contributed by atoms with E-state index in [4.69, 9.17) is 0 Å². The maximum Gasteiger partial charge on any atom is 0.237 e. The lowest BCUT2D eigenvalue weighted by molar-refractivity contribution is -0.127. The minimum atomic E-state index is -0.287. The van der Waals surface area contributed by atoms with Crippen LogP contribution in [-0.4, -0.2) is 47.2 Å². The zero-order valence-electron chi connectivity index (χ0n) is 10.1. The molecule has 0 spiro atoms. The molecule has 2 N–H and O–H groups in total. The summed E-state index contributed by atoms with van der Waals surface area (Å²) in [6, 6.07) is 0.311. The molecular weight excluding hydrogens is 204 g/mol. The molecule has 1 heterocycles. The van der Waals surface area contributed by atoms with E-state index in [0.29, 0.717) is 18.5 Å². The van der Waals surface area contributed by atoms with Crippen molar-refractivity contribution in [2.24, 2.45) is 5.92 Å². The Balaban J connectivity index is 1.83. The third-order valence-electron chi connectivity index (χ3n) is 3.80. The summed E-state index contributed by atoms with van der Waals surface area (Å²) in [7, 11) is 0. The van der Waals surface area contributed by atoms with Gasteiger partial charge in [0.2, 0.25) is 5.91 Å². The van der Waals surface area contributed by atoms with Crippen LogP contribution in [0.25, 0.3) is 0 Å². The highest BCUT2D eigenvalue weighted by molar-refractivity contribution is 5.81. The van der Waals surface area contributed by atoms with Gasteiger partial charge in [0.25, 0.3) is 0 Å². The van der Waals surface area contributed by atoms with Crippen molar-refractivity contribution in [3.8, 4) is 0 Å². The number of nitrogens with one attached hydrogen (secondary N) is 1. The Hall–Kier alpha value is -0.610. The number of β-amino-alcohol motifs (C(OH)–C–C–N with tert-alkyl or cyclic N) is 1. The molecule has 1 amide bonds. The summed E-state index contributed by atoms with van der Waals surface area (Å²) >= 11 is 0. The van der Waals surface area contributed by atoms with Crippen molar-refractivity contribution in [3.05, 3.63) is 0 Å². The number of aliphatic hydroxyl groups is 1. The first-order chi connectivity index (χ1) is 7.58. The van der Waals surface area contributed by atoms with E-state index in [1.165, 1.54) is 0 Å². The molecule has 0 aromatic heterocycles. The van der Waals surface area contributed by atoms with E-state index in [9.17, 15) is 9.90 Å². The zero-order chi connectivity index (χ0) is 11.7. The van der Waals surface area contributed by atoms with Gasteiger partial charge >= 0.3 is 0 Å². The van der Waals surface area contributed by atoms with Gasteiger partial charge in [0.15, 0.2) is 0 Å². The van der Waals surface area contributed by atoms with Gasteiger partial charge < -0.3 is 10.4 Å². The predicted octanol–water partition coefficient (Wildman–Crippen LogP) is 0.356. The molecule has 4 nitrogen and oxygen atoms in total. The first-order valence-corrected chi connectivity index (χ1v) is 6.30. The van der Waals surface area contributed by atoms with Crippen LogP contribution in [-0.2, 0) is 4.79 Å². The van der Waals surface area contributed by atoms with Crippen LogP contribution in [0, 0.1) is 5.92 Å². The third-order valence-corrected chi connectivity index (χ3v) is 3.80. The Kier molecular flexibility index (Phi) is 3.50. The van der Waals surface area contributed by atoms with Gasteiger partial charge in [0, 0.05) is 12.6 Å². The van der Waals surface area contributed by atoms with Gasteiger partial charge in [-0.2, -0.15) is 0 Å². The number of nitrogens with zero attached hydrogens (tertiary/aromatic N) is 1. The average molecular weight is 226 g/mol. The summed E-state index contributed by atoms with van der Waals surface area (Å²) in [6.45, 7) is 5.54. The molecule has 0 aromatic carbocycles. The number of rotatable bonds is 3. The topological polar surface area (TPSA) is 52.6 Å². The Morgan fingerprint density at radius 1 is 1.44 bits per heavy atom. The highest BCUT2D eigenvalue weighted by atomic mass is 16.3. The van der Waals surface area contributed by atoms with E-state index in [1.807, 2.05) is 6.92 Å². The summed E-state index contributed by atoms with van der Waals surface area (Å²) in [6.07, 6.45) is 2.93. The van der Waals surface area contributed by atoms with E-state index in [-0.39, 0.29) is 18.1 Å². The summed E-state index contributed by atoms with van der Waals surface area (Å²) < 4.78 is 0. The molecule has 0 aromatic rings. The van der Waals surface area contributed by atoms with Crippen LogP contribution < -0.4 is 5.32 Å². The fourth-order valence-corrected chi connectivity index (χ4v) is 2.14. The van der Waals surface area contributed by atoms with Crippen molar-refractivity contribution in [2.45, 2.75) is 51.3 Å². The molecular formula is C12H22N2O2. The van der Waals surface area contributed by atoms with Crippen LogP contribution in [0.4, 0.5) is 0 Å². The summed E-state index contributed by atoms with van der Waals surface area (Å²) in [5.74, 6) is 0.471. The van der Waals surface area contributed by atoms with Crippen LogP contribution in [0.1, 0.15) is 33.1 Å². The van der Waals surface area contributed by atoms with E-state index in [2.05, 4.69) is 17.1 Å². The van der Waals surface area contributed by atoms with Crippen molar-refractivity contribution in [3.63, 3.8) is 0 Å². The largest absolute Gasteiger partial charge is 0.392 e. The van der Waals surface area contributed by atoms with E-state index >= 15 is 0 Å². The Labute approximate surface area is 97.0 Å². The maximum atomic E-state index is 11.8. The van der Waals surface area contributed by atoms with Crippen molar-refractivity contribution in [1.29, 1.82) is 0 Å². The molecule has 3 unspecified atom stereocenters. The molecule has 1 saturated carbocycles. The number of aliphatic hydroxyl groups excluding tert-OH is 1. The molecule has 1 saturated heterocycles. The number of carbonyl (C=O) groups excluding carboxylic acids is 1. The average Bonchev–Trinajstić information content (AvgIpc) is 3.05. The number of amides is 1. The molecule has 4 heteroatoms. The molecule has 2 rings (SSSR count). The second-order valence-electron chi connectivity index (χ2n) is 5.29. The first-order valence-electron chi connectivity index (χ1n) is 6.30.